The largest absolute Gasteiger partial charge is 0.285 e. The van der Waals surface area contributed by atoms with E-state index < -0.39 is 0 Å². The summed E-state index contributed by atoms with van der Waals surface area (Å²) in [5, 5.41) is 0. The topological polar surface area (TPSA) is 17.1 Å². The Bertz CT molecular complexity index is 185. The zero-order valence-electron chi connectivity index (χ0n) is 5.40. The summed E-state index contributed by atoms with van der Waals surface area (Å²) in [5.74, 6) is 7.20. The third-order valence-corrected chi connectivity index (χ3v) is 0.761. The Balaban J connectivity index is 3.51. The Labute approximate surface area is 55.5 Å². The minimum absolute atomic E-state index is 0.0737. The lowest BCUT2D eigenvalue weighted by molar-refractivity contribution is -0.113. The lowest BCUT2D eigenvalue weighted by atomic mass is 10.2. The van der Waals surface area contributed by atoms with Crippen molar-refractivity contribution < 1.29 is 4.79 Å². The standard InChI is InChI=1S/C8H8O/c1-3-5-7-8(9)6-4-2/h1H,5,7H2,2H3. The summed E-state index contributed by atoms with van der Waals surface area (Å²) in [7, 11) is 0. The number of carbonyl (C=O) groups excluding carboxylic acids is 1. The number of hydrogen-bond donors (Lipinski definition) is 0. The first-order valence-electron chi connectivity index (χ1n) is 2.70. The predicted molar refractivity (Wildman–Crippen MR) is 36.5 cm³/mol. The van der Waals surface area contributed by atoms with Gasteiger partial charge in [0.1, 0.15) is 0 Å². The number of ketones is 1. The van der Waals surface area contributed by atoms with Crippen molar-refractivity contribution in [2.45, 2.75) is 19.8 Å². The molecule has 0 saturated heterocycles. The van der Waals surface area contributed by atoms with Crippen LogP contribution in [0.5, 0.6) is 0 Å². The van der Waals surface area contributed by atoms with E-state index in [-0.39, 0.29) is 5.78 Å². The normalized spacial score (nSPS) is 6.67. The van der Waals surface area contributed by atoms with E-state index in [9.17, 15) is 4.79 Å². The Morgan fingerprint density at radius 2 is 2.33 bits per heavy atom. The molecule has 0 aromatic carbocycles. The van der Waals surface area contributed by atoms with Gasteiger partial charge in [-0.25, -0.2) is 0 Å². The summed E-state index contributed by atoms with van der Waals surface area (Å²) in [6.45, 7) is 1.63. The van der Waals surface area contributed by atoms with E-state index in [2.05, 4.69) is 17.8 Å². The van der Waals surface area contributed by atoms with Crippen LogP contribution in [-0.4, -0.2) is 5.78 Å². The highest BCUT2D eigenvalue weighted by Gasteiger charge is 1.91. The van der Waals surface area contributed by atoms with Gasteiger partial charge in [0.05, 0.1) is 0 Å². The summed E-state index contributed by atoms with van der Waals surface area (Å²) in [6, 6.07) is 0. The molecule has 1 heteroatoms. The highest BCUT2D eigenvalue weighted by atomic mass is 16.1. The first-order chi connectivity index (χ1) is 4.31. The molecule has 0 rings (SSSR count). The molecule has 0 fully saturated rings. The number of rotatable bonds is 2. The Hall–Kier alpha value is -1.21. The first-order valence-corrected chi connectivity index (χ1v) is 2.70. The second kappa shape index (κ2) is 4.94. The molecule has 0 amide bonds. The molecule has 0 aromatic heterocycles. The summed E-state index contributed by atoms with van der Waals surface area (Å²) >= 11 is 0. The van der Waals surface area contributed by atoms with Crippen LogP contribution in [0.1, 0.15) is 19.8 Å². The number of carbonyl (C=O) groups is 1. The van der Waals surface area contributed by atoms with E-state index in [1.807, 2.05) is 0 Å². The van der Waals surface area contributed by atoms with E-state index in [0.29, 0.717) is 12.8 Å². The fourth-order valence-corrected chi connectivity index (χ4v) is 0.388. The van der Waals surface area contributed by atoms with Crippen molar-refractivity contribution >= 4 is 5.78 Å². The predicted octanol–water partition coefficient (Wildman–Crippen LogP) is 0.992. The lowest BCUT2D eigenvalue weighted by Crippen LogP contribution is -1.90. The molecule has 0 spiro atoms. The molecule has 0 N–H and O–H groups in total. The molecule has 0 heterocycles. The third kappa shape index (κ3) is 4.65. The first kappa shape index (κ1) is 7.79. The van der Waals surface area contributed by atoms with Crippen molar-refractivity contribution in [1.29, 1.82) is 0 Å². The second-order valence-corrected chi connectivity index (χ2v) is 1.50. The Morgan fingerprint density at radius 1 is 1.67 bits per heavy atom. The van der Waals surface area contributed by atoms with Crippen LogP contribution in [0, 0.1) is 24.2 Å². The zero-order chi connectivity index (χ0) is 7.11. The maximum atomic E-state index is 10.5. The minimum atomic E-state index is -0.0737. The van der Waals surface area contributed by atoms with Crippen LogP contribution in [0.25, 0.3) is 0 Å². The maximum absolute atomic E-state index is 10.5. The molecule has 0 aromatic rings. The lowest BCUT2D eigenvalue weighted by Gasteiger charge is -1.81. The maximum Gasteiger partial charge on any atom is 0.206 e. The molecule has 0 aliphatic heterocycles. The van der Waals surface area contributed by atoms with Gasteiger partial charge in [0, 0.05) is 12.8 Å². The van der Waals surface area contributed by atoms with Gasteiger partial charge in [-0.2, -0.15) is 0 Å². The molecule has 0 bridgehead atoms. The Morgan fingerprint density at radius 3 is 2.78 bits per heavy atom. The summed E-state index contributed by atoms with van der Waals surface area (Å²) in [6.07, 6.45) is 5.80. The fraction of sp³-hybridized carbons (Fsp3) is 0.375. The quantitative estimate of drug-likeness (QED) is 0.392. The molecule has 1 nitrogen and oxygen atoms in total. The van der Waals surface area contributed by atoms with Crippen LogP contribution in [0.3, 0.4) is 0 Å². The van der Waals surface area contributed by atoms with Crippen LogP contribution in [0.4, 0.5) is 0 Å². The van der Waals surface area contributed by atoms with E-state index in [0.717, 1.165) is 0 Å². The van der Waals surface area contributed by atoms with Crippen molar-refractivity contribution in [3.8, 4) is 24.2 Å². The highest BCUT2D eigenvalue weighted by Crippen LogP contribution is 1.85. The molecule has 0 aliphatic carbocycles. The van der Waals surface area contributed by atoms with Gasteiger partial charge in [-0.15, -0.1) is 12.3 Å². The van der Waals surface area contributed by atoms with Crippen LogP contribution in [0.15, 0.2) is 0 Å². The minimum Gasteiger partial charge on any atom is -0.285 e. The van der Waals surface area contributed by atoms with Gasteiger partial charge in [-0.1, -0.05) is 5.92 Å². The van der Waals surface area contributed by atoms with Crippen LogP contribution < -0.4 is 0 Å². The van der Waals surface area contributed by atoms with E-state index in [1.165, 1.54) is 0 Å². The van der Waals surface area contributed by atoms with Gasteiger partial charge in [0.15, 0.2) is 0 Å². The number of Topliss-reactive ketones (excluding diaryl/α,β-unsaturated/α-hetero) is 1. The molecule has 0 atom stereocenters. The molecule has 0 saturated carbocycles. The van der Waals surface area contributed by atoms with Gasteiger partial charge in [0.2, 0.25) is 5.78 Å². The summed E-state index contributed by atoms with van der Waals surface area (Å²) in [5.41, 5.74) is 0. The third-order valence-electron chi connectivity index (χ3n) is 0.761. The molecule has 46 valence electrons. The van der Waals surface area contributed by atoms with Gasteiger partial charge >= 0.3 is 0 Å². The fourth-order valence-electron chi connectivity index (χ4n) is 0.388. The van der Waals surface area contributed by atoms with Crippen molar-refractivity contribution in [3.63, 3.8) is 0 Å². The van der Waals surface area contributed by atoms with Crippen LogP contribution in [0.2, 0.25) is 0 Å². The molecule has 0 radical (unpaired) electrons. The SMILES string of the molecule is C#CCCC(=O)C#CC. The van der Waals surface area contributed by atoms with Crippen molar-refractivity contribution in [2.24, 2.45) is 0 Å². The van der Waals surface area contributed by atoms with Gasteiger partial charge in [-0.3, -0.25) is 4.79 Å². The van der Waals surface area contributed by atoms with Gasteiger partial charge < -0.3 is 0 Å². The molecular weight excluding hydrogens is 112 g/mol. The zero-order valence-corrected chi connectivity index (χ0v) is 5.40. The van der Waals surface area contributed by atoms with E-state index in [4.69, 9.17) is 6.42 Å². The van der Waals surface area contributed by atoms with Crippen LogP contribution >= 0.6 is 0 Å². The van der Waals surface area contributed by atoms with Gasteiger partial charge in [0.25, 0.3) is 0 Å². The van der Waals surface area contributed by atoms with E-state index >= 15 is 0 Å². The summed E-state index contributed by atoms with van der Waals surface area (Å²) in [4.78, 5) is 10.5. The van der Waals surface area contributed by atoms with Crippen molar-refractivity contribution in [2.75, 3.05) is 0 Å². The Kier molecular flexibility index (Phi) is 4.27. The van der Waals surface area contributed by atoms with Crippen molar-refractivity contribution in [3.05, 3.63) is 0 Å². The van der Waals surface area contributed by atoms with Crippen molar-refractivity contribution in [1.82, 2.24) is 0 Å². The van der Waals surface area contributed by atoms with Gasteiger partial charge in [-0.05, 0) is 12.8 Å². The molecule has 0 aliphatic rings. The number of terminal acetylenes is 1. The molecule has 0 unspecified atom stereocenters. The molecule has 9 heavy (non-hydrogen) atoms. The van der Waals surface area contributed by atoms with Crippen LogP contribution in [-0.2, 0) is 4.79 Å². The summed E-state index contributed by atoms with van der Waals surface area (Å²) < 4.78 is 0. The number of hydrogen-bond acceptors (Lipinski definition) is 1. The monoisotopic (exact) mass is 120 g/mol. The van der Waals surface area contributed by atoms with E-state index in [1.54, 1.807) is 6.92 Å². The average Bonchev–Trinajstić information content (AvgIpc) is 1.85. The average molecular weight is 120 g/mol. The highest BCUT2D eigenvalue weighted by molar-refractivity contribution is 5.95. The smallest absolute Gasteiger partial charge is 0.206 e. The molecular formula is C8H8O. The second-order valence-electron chi connectivity index (χ2n) is 1.50.